The lowest BCUT2D eigenvalue weighted by atomic mass is 9.98. The molecule has 3 rings (SSSR count). The summed E-state index contributed by atoms with van der Waals surface area (Å²) in [5, 5.41) is 7.56. The predicted octanol–water partition coefficient (Wildman–Crippen LogP) is 1.41. The molecule has 33 heavy (non-hydrogen) atoms. The molecule has 0 spiro atoms. The molecule has 0 aliphatic heterocycles. The zero-order valence-electron chi connectivity index (χ0n) is 18.4. The van der Waals surface area contributed by atoms with E-state index in [0.29, 0.717) is 6.42 Å². The van der Waals surface area contributed by atoms with Crippen molar-refractivity contribution in [3.05, 3.63) is 59.7 Å². The van der Waals surface area contributed by atoms with Gasteiger partial charge in [-0.25, -0.2) is 4.79 Å². The molecule has 1 atom stereocenters. The SMILES string of the molecule is CC(=O)N[C@@H](CCCNC(=O)OCC1c2ccccc2-c2ccccc21)C(=O)NCC(N)=O. The highest BCUT2D eigenvalue weighted by atomic mass is 16.5. The standard InChI is InChI=1S/C24H28N4O5/c1-15(29)28-21(23(31)27-13-22(25)30)11-6-12-26-24(32)33-14-20-18-9-4-2-7-16(18)17-8-3-5-10-19(17)20/h2-5,7-10,20-21H,6,11-14H2,1H3,(H2,25,30)(H,26,32)(H,27,31)(H,28,29)/t21-/m0/s1. The largest absolute Gasteiger partial charge is 0.449 e. The van der Waals surface area contributed by atoms with Gasteiger partial charge < -0.3 is 26.4 Å². The van der Waals surface area contributed by atoms with Crippen LogP contribution in [0.4, 0.5) is 4.79 Å². The van der Waals surface area contributed by atoms with Gasteiger partial charge in [-0.1, -0.05) is 48.5 Å². The van der Waals surface area contributed by atoms with Crippen molar-refractivity contribution in [2.45, 2.75) is 31.7 Å². The Hall–Kier alpha value is -3.88. The van der Waals surface area contributed by atoms with E-state index in [1.165, 1.54) is 6.92 Å². The summed E-state index contributed by atoms with van der Waals surface area (Å²) in [6.07, 6.45) is 0.138. The van der Waals surface area contributed by atoms with Gasteiger partial charge in [0, 0.05) is 19.4 Å². The van der Waals surface area contributed by atoms with Gasteiger partial charge in [-0.3, -0.25) is 14.4 Å². The van der Waals surface area contributed by atoms with Crippen LogP contribution in [0.1, 0.15) is 36.8 Å². The number of nitrogens with two attached hydrogens (primary N) is 1. The minimum Gasteiger partial charge on any atom is -0.449 e. The van der Waals surface area contributed by atoms with Crippen LogP contribution in [-0.4, -0.2) is 49.6 Å². The first-order valence-electron chi connectivity index (χ1n) is 10.8. The summed E-state index contributed by atoms with van der Waals surface area (Å²) < 4.78 is 5.47. The van der Waals surface area contributed by atoms with E-state index in [9.17, 15) is 19.2 Å². The van der Waals surface area contributed by atoms with Crippen LogP contribution >= 0.6 is 0 Å². The Morgan fingerprint density at radius 2 is 1.58 bits per heavy atom. The second-order valence-corrected chi connectivity index (χ2v) is 7.83. The maximum Gasteiger partial charge on any atom is 0.407 e. The Balaban J connectivity index is 1.46. The maximum atomic E-state index is 12.2. The molecule has 0 saturated heterocycles. The van der Waals surface area contributed by atoms with Crippen LogP contribution in [0.5, 0.6) is 0 Å². The summed E-state index contributed by atoms with van der Waals surface area (Å²) in [6, 6.07) is 15.3. The van der Waals surface area contributed by atoms with Crippen molar-refractivity contribution < 1.29 is 23.9 Å². The Morgan fingerprint density at radius 1 is 0.970 bits per heavy atom. The number of hydrogen-bond donors (Lipinski definition) is 4. The number of amides is 4. The van der Waals surface area contributed by atoms with E-state index in [1.807, 2.05) is 36.4 Å². The molecule has 5 N–H and O–H groups in total. The normalized spacial score (nSPS) is 12.8. The third kappa shape index (κ3) is 6.31. The molecule has 0 aromatic heterocycles. The van der Waals surface area contributed by atoms with E-state index >= 15 is 0 Å². The molecule has 174 valence electrons. The van der Waals surface area contributed by atoms with Crippen LogP contribution in [0.3, 0.4) is 0 Å². The number of fused-ring (bicyclic) bond motifs is 3. The number of carbonyl (C=O) groups excluding carboxylic acids is 4. The molecule has 9 nitrogen and oxygen atoms in total. The zero-order valence-corrected chi connectivity index (χ0v) is 18.4. The van der Waals surface area contributed by atoms with Crippen LogP contribution in [0, 0.1) is 0 Å². The van der Waals surface area contributed by atoms with Gasteiger partial charge in [0.05, 0.1) is 6.54 Å². The Bertz CT molecular complexity index is 994. The Labute approximate surface area is 192 Å². The summed E-state index contributed by atoms with van der Waals surface area (Å²) in [5.74, 6) is -1.59. The van der Waals surface area contributed by atoms with E-state index in [0.717, 1.165) is 22.3 Å². The van der Waals surface area contributed by atoms with Crippen molar-refractivity contribution in [3.8, 4) is 11.1 Å². The molecule has 2 aromatic rings. The van der Waals surface area contributed by atoms with Crippen LogP contribution in [-0.2, 0) is 19.1 Å². The highest BCUT2D eigenvalue weighted by molar-refractivity contribution is 5.89. The summed E-state index contributed by atoms with van der Waals surface area (Å²) >= 11 is 0. The fourth-order valence-corrected chi connectivity index (χ4v) is 3.96. The number of benzene rings is 2. The second-order valence-electron chi connectivity index (χ2n) is 7.83. The van der Waals surface area contributed by atoms with Crippen LogP contribution in [0.15, 0.2) is 48.5 Å². The highest BCUT2D eigenvalue weighted by Gasteiger charge is 2.29. The van der Waals surface area contributed by atoms with Gasteiger partial charge in [-0.15, -0.1) is 0 Å². The number of alkyl carbamates (subject to hydrolysis) is 1. The van der Waals surface area contributed by atoms with Gasteiger partial charge in [0.25, 0.3) is 0 Å². The lowest BCUT2D eigenvalue weighted by Crippen LogP contribution is -2.48. The molecule has 0 saturated carbocycles. The predicted molar refractivity (Wildman–Crippen MR) is 122 cm³/mol. The zero-order chi connectivity index (χ0) is 23.8. The quantitative estimate of drug-likeness (QED) is 0.404. The van der Waals surface area contributed by atoms with Gasteiger partial charge in [-0.2, -0.15) is 0 Å². The first kappa shape index (κ1) is 23.8. The molecule has 2 aromatic carbocycles. The molecule has 1 aliphatic carbocycles. The summed E-state index contributed by atoms with van der Waals surface area (Å²) in [4.78, 5) is 46.5. The van der Waals surface area contributed by atoms with E-state index in [-0.39, 0.29) is 37.9 Å². The first-order chi connectivity index (χ1) is 15.9. The van der Waals surface area contributed by atoms with Gasteiger partial charge >= 0.3 is 6.09 Å². The molecule has 9 heteroatoms. The third-order valence-corrected chi connectivity index (χ3v) is 5.41. The molecule has 0 unspecified atom stereocenters. The third-order valence-electron chi connectivity index (χ3n) is 5.41. The molecule has 4 amide bonds. The molecular weight excluding hydrogens is 424 g/mol. The van der Waals surface area contributed by atoms with Gasteiger partial charge in [-0.05, 0) is 35.1 Å². The molecular formula is C24H28N4O5. The van der Waals surface area contributed by atoms with E-state index in [4.69, 9.17) is 10.5 Å². The fraction of sp³-hybridized carbons (Fsp3) is 0.333. The van der Waals surface area contributed by atoms with Gasteiger partial charge in [0.15, 0.2) is 0 Å². The summed E-state index contributed by atoms with van der Waals surface area (Å²) in [7, 11) is 0. The monoisotopic (exact) mass is 452 g/mol. The first-order valence-corrected chi connectivity index (χ1v) is 10.8. The van der Waals surface area contributed by atoms with Crippen LogP contribution in [0.25, 0.3) is 11.1 Å². The smallest absolute Gasteiger partial charge is 0.407 e. The summed E-state index contributed by atoms with van der Waals surface area (Å²) in [5.41, 5.74) is 9.59. The second kappa shape index (κ2) is 11.1. The molecule has 0 radical (unpaired) electrons. The summed E-state index contributed by atoms with van der Waals surface area (Å²) in [6.45, 7) is 1.45. The van der Waals surface area contributed by atoms with E-state index in [2.05, 4.69) is 28.1 Å². The average molecular weight is 453 g/mol. The lowest BCUT2D eigenvalue weighted by molar-refractivity contribution is -0.129. The Morgan fingerprint density at radius 3 is 2.15 bits per heavy atom. The molecule has 0 heterocycles. The van der Waals surface area contributed by atoms with Gasteiger partial charge in [0.1, 0.15) is 12.6 Å². The van der Waals surface area contributed by atoms with Crippen LogP contribution < -0.4 is 21.7 Å². The average Bonchev–Trinajstić information content (AvgIpc) is 3.11. The van der Waals surface area contributed by atoms with Crippen LogP contribution in [0.2, 0.25) is 0 Å². The highest BCUT2D eigenvalue weighted by Crippen LogP contribution is 2.44. The Kier molecular flexibility index (Phi) is 8.01. The molecule has 1 aliphatic rings. The van der Waals surface area contributed by atoms with Crippen molar-refractivity contribution in [3.63, 3.8) is 0 Å². The molecule has 0 fully saturated rings. The number of primary amides is 1. The topological polar surface area (TPSA) is 140 Å². The minimum atomic E-state index is -0.828. The number of nitrogens with one attached hydrogen (secondary N) is 3. The minimum absolute atomic E-state index is 0.0266. The van der Waals surface area contributed by atoms with Gasteiger partial charge in [0.2, 0.25) is 17.7 Å². The van der Waals surface area contributed by atoms with Crippen molar-refractivity contribution >= 4 is 23.8 Å². The number of carbonyl (C=O) groups is 4. The fourth-order valence-electron chi connectivity index (χ4n) is 3.96. The van der Waals surface area contributed by atoms with Crippen molar-refractivity contribution in [1.29, 1.82) is 0 Å². The van der Waals surface area contributed by atoms with Crippen molar-refractivity contribution in [2.24, 2.45) is 5.73 Å². The van der Waals surface area contributed by atoms with E-state index in [1.54, 1.807) is 0 Å². The number of rotatable bonds is 10. The van der Waals surface area contributed by atoms with Crippen molar-refractivity contribution in [2.75, 3.05) is 19.7 Å². The molecule has 0 bridgehead atoms. The van der Waals surface area contributed by atoms with Crippen molar-refractivity contribution in [1.82, 2.24) is 16.0 Å². The maximum absolute atomic E-state index is 12.2. The number of hydrogen-bond acceptors (Lipinski definition) is 5. The van der Waals surface area contributed by atoms with E-state index < -0.39 is 23.9 Å². The lowest BCUT2D eigenvalue weighted by Gasteiger charge is -2.17. The number of ether oxygens (including phenoxy) is 1.